The molecule has 0 bridgehead atoms. The minimum Gasteiger partial charge on any atom is -0.278 e. The van der Waals surface area contributed by atoms with Gasteiger partial charge in [-0.2, -0.15) is 0 Å². The Hall–Kier alpha value is -1.52. The monoisotopic (exact) mass is 350 g/mol. The van der Waals surface area contributed by atoms with Crippen LogP contribution in [-0.2, 0) is 24.7 Å². The number of hydrazine groups is 1. The Morgan fingerprint density at radius 2 is 2.00 bits per heavy atom. The van der Waals surface area contributed by atoms with Gasteiger partial charge >= 0.3 is 0 Å². The Bertz CT molecular complexity index is 776. The first-order chi connectivity index (χ1) is 10.2. The van der Waals surface area contributed by atoms with Crippen LogP contribution in [0.4, 0.5) is 4.39 Å². The number of carbonyl (C=O) groups is 1. The number of sulfone groups is 1. The minimum atomic E-state index is -4.22. The minimum absolute atomic E-state index is 0.0336. The van der Waals surface area contributed by atoms with Crippen molar-refractivity contribution in [2.24, 2.45) is 5.92 Å². The summed E-state index contributed by atoms with van der Waals surface area (Å²) in [5.74, 6) is -1.98. The van der Waals surface area contributed by atoms with E-state index in [-0.39, 0.29) is 23.8 Å². The van der Waals surface area contributed by atoms with Gasteiger partial charge in [-0.05, 0) is 24.5 Å². The largest absolute Gasteiger partial charge is 0.278 e. The molecule has 1 aliphatic heterocycles. The Labute approximate surface area is 127 Å². The third kappa shape index (κ3) is 4.24. The molecule has 0 aliphatic carbocycles. The van der Waals surface area contributed by atoms with E-state index >= 15 is 0 Å². The SMILES string of the molecule is O=C(C[C@@H]1CCS(=O)(=O)C1)NNS(=O)(=O)c1ccccc1F. The lowest BCUT2D eigenvalue weighted by molar-refractivity contribution is -0.122. The second kappa shape index (κ2) is 6.31. The highest BCUT2D eigenvalue weighted by atomic mass is 32.2. The van der Waals surface area contributed by atoms with Crippen molar-refractivity contribution < 1.29 is 26.0 Å². The van der Waals surface area contributed by atoms with Crippen LogP contribution in [0.15, 0.2) is 29.2 Å². The molecule has 1 heterocycles. The summed E-state index contributed by atoms with van der Waals surface area (Å²) in [7, 11) is -7.32. The van der Waals surface area contributed by atoms with Crippen molar-refractivity contribution in [1.82, 2.24) is 10.3 Å². The molecule has 2 rings (SSSR count). The zero-order valence-electron chi connectivity index (χ0n) is 11.5. The highest BCUT2D eigenvalue weighted by Gasteiger charge is 2.29. The maximum atomic E-state index is 13.4. The fourth-order valence-corrected chi connectivity index (χ4v) is 4.99. The van der Waals surface area contributed by atoms with E-state index in [2.05, 4.69) is 0 Å². The number of amides is 1. The number of sulfonamides is 1. The molecule has 1 atom stereocenters. The number of nitrogens with one attached hydrogen (secondary N) is 2. The van der Waals surface area contributed by atoms with Gasteiger partial charge in [0.05, 0.1) is 11.5 Å². The Kier molecular flexibility index (Phi) is 4.83. The summed E-state index contributed by atoms with van der Waals surface area (Å²) >= 11 is 0. The summed E-state index contributed by atoms with van der Waals surface area (Å²) in [6.45, 7) is 0. The number of carbonyl (C=O) groups excluding carboxylic acids is 1. The summed E-state index contributed by atoms with van der Waals surface area (Å²) in [6, 6.07) is 4.74. The second-order valence-corrected chi connectivity index (χ2v) is 8.94. The van der Waals surface area contributed by atoms with Gasteiger partial charge in [0.25, 0.3) is 10.0 Å². The molecular weight excluding hydrogens is 335 g/mol. The van der Waals surface area contributed by atoms with Gasteiger partial charge < -0.3 is 0 Å². The number of rotatable bonds is 5. The van der Waals surface area contributed by atoms with Crippen LogP contribution in [-0.4, -0.2) is 34.2 Å². The average Bonchev–Trinajstić information content (AvgIpc) is 2.76. The zero-order valence-corrected chi connectivity index (χ0v) is 13.1. The predicted octanol–water partition coefficient (Wildman–Crippen LogP) is -0.0400. The van der Waals surface area contributed by atoms with E-state index in [1.54, 1.807) is 4.83 Å². The van der Waals surface area contributed by atoms with Crippen molar-refractivity contribution in [2.75, 3.05) is 11.5 Å². The van der Waals surface area contributed by atoms with E-state index in [4.69, 9.17) is 0 Å². The number of hydrogen-bond donors (Lipinski definition) is 2. The molecule has 0 spiro atoms. The maximum Gasteiger partial charge on any atom is 0.260 e. The Morgan fingerprint density at radius 1 is 1.32 bits per heavy atom. The Balaban J connectivity index is 1.92. The van der Waals surface area contributed by atoms with Gasteiger partial charge in [-0.25, -0.2) is 21.2 Å². The van der Waals surface area contributed by atoms with Gasteiger partial charge in [0.2, 0.25) is 5.91 Å². The third-order valence-electron chi connectivity index (χ3n) is 3.25. The first-order valence-electron chi connectivity index (χ1n) is 6.45. The van der Waals surface area contributed by atoms with Gasteiger partial charge in [0.1, 0.15) is 10.7 Å². The van der Waals surface area contributed by atoms with Crippen LogP contribution in [0.5, 0.6) is 0 Å². The molecule has 1 amide bonds. The van der Waals surface area contributed by atoms with Crippen molar-refractivity contribution in [3.8, 4) is 0 Å². The van der Waals surface area contributed by atoms with Crippen molar-refractivity contribution in [1.29, 1.82) is 0 Å². The predicted molar refractivity (Wildman–Crippen MR) is 76.2 cm³/mol. The Morgan fingerprint density at radius 3 is 2.59 bits per heavy atom. The molecule has 0 aromatic heterocycles. The average molecular weight is 350 g/mol. The van der Waals surface area contributed by atoms with Gasteiger partial charge in [0.15, 0.2) is 9.84 Å². The van der Waals surface area contributed by atoms with Crippen LogP contribution >= 0.6 is 0 Å². The van der Waals surface area contributed by atoms with E-state index in [9.17, 15) is 26.0 Å². The summed E-state index contributed by atoms with van der Waals surface area (Å²) in [5, 5.41) is 0. The van der Waals surface area contributed by atoms with E-state index in [0.717, 1.165) is 12.1 Å². The summed E-state index contributed by atoms with van der Waals surface area (Å²) < 4.78 is 59.7. The fraction of sp³-hybridized carbons (Fsp3) is 0.417. The van der Waals surface area contributed by atoms with Crippen LogP contribution in [0.2, 0.25) is 0 Å². The first-order valence-corrected chi connectivity index (χ1v) is 9.76. The number of benzene rings is 1. The number of hydrogen-bond acceptors (Lipinski definition) is 5. The zero-order chi connectivity index (χ0) is 16.4. The van der Waals surface area contributed by atoms with Gasteiger partial charge in [-0.15, -0.1) is 4.83 Å². The highest BCUT2D eigenvalue weighted by Crippen LogP contribution is 2.21. The van der Waals surface area contributed by atoms with Crippen molar-refractivity contribution >= 4 is 25.8 Å². The molecule has 1 fully saturated rings. The molecule has 0 saturated carbocycles. The van der Waals surface area contributed by atoms with Crippen molar-refractivity contribution in [3.63, 3.8) is 0 Å². The molecule has 10 heteroatoms. The van der Waals surface area contributed by atoms with Crippen molar-refractivity contribution in [2.45, 2.75) is 17.7 Å². The molecule has 7 nitrogen and oxygen atoms in total. The smallest absolute Gasteiger partial charge is 0.260 e. The lowest BCUT2D eigenvalue weighted by Gasteiger charge is -2.11. The molecular formula is C12H15FN2O5S2. The second-order valence-electron chi connectivity index (χ2n) is 5.06. The molecule has 1 saturated heterocycles. The van der Waals surface area contributed by atoms with Gasteiger partial charge in [-0.1, -0.05) is 12.1 Å². The van der Waals surface area contributed by atoms with E-state index in [1.807, 2.05) is 5.43 Å². The molecule has 0 unspecified atom stereocenters. The van der Waals surface area contributed by atoms with Crippen molar-refractivity contribution in [3.05, 3.63) is 30.1 Å². The molecule has 1 aromatic carbocycles. The molecule has 1 aliphatic rings. The summed E-state index contributed by atoms with van der Waals surface area (Å²) in [5.41, 5.74) is 1.96. The molecule has 2 N–H and O–H groups in total. The molecule has 1 aromatic rings. The fourth-order valence-electron chi connectivity index (χ4n) is 2.19. The van der Waals surface area contributed by atoms with Crippen LogP contribution in [0.1, 0.15) is 12.8 Å². The topological polar surface area (TPSA) is 109 Å². The molecule has 122 valence electrons. The third-order valence-corrected chi connectivity index (χ3v) is 6.37. The standard InChI is InChI=1S/C12H15FN2O5S2/c13-10-3-1-2-4-11(10)22(19,20)15-14-12(16)7-9-5-6-21(17,18)8-9/h1-4,9,15H,5-8H2,(H,14,16)/t9-/m0/s1. The maximum absolute atomic E-state index is 13.4. The van der Waals surface area contributed by atoms with Crippen LogP contribution in [0, 0.1) is 11.7 Å². The van der Waals surface area contributed by atoms with Crippen LogP contribution in [0.3, 0.4) is 0 Å². The molecule has 22 heavy (non-hydrogen) atoms. The van der Waals surface area contributed by atoms with E-state index in [1.165, 1.54) is 12.1 Å². The quantitative estimate of drug-likeness (QED) is 0.724. The first kappa shape index (κ1) is 16.8. The van der Waals surface area contributed by atoms with Crippen LogP contribution in [0.25, 0.3) is 0 Å². The van der Waals surface area contributed by atoms with Gasteiger partial charge in [0, 0.05) is 6.42 Å². The molecule has 0 radical (unpaired) electrons. The lowest BCUT2D eigenvalue weighted by atomic mass is 10.1. The number of halogens is 1. The lowest BCUT2D eigenvalue weighted by Crippen LogP contribution is -2.42. The summed E-state index contributed by atoms with van der Waals surface area (Å²) in [4.78, 5) is 12.9. The van der Waals surface area contributed by atoms with E-state index < -0.39 is 36.5 Å². The van der Waals surface area contributed by atoms with Crippen LogP contribution < -0.4 is 10.3 Å². The van der Waals surface area contributed by atoms with E-state index in [0.29, 0.717) is 6.42 Å². The summed E-state index contributed by atoms with van der Waals surface area (Å²) in [6.07, 6.45) is 0.259. The normalized spacial score (nSPS) is 20.7. The van der Waals surface area contributed by atoms with Gasteiger partial charge in [-0.3, -0.25) is 10.2 Å². The highest BCUT2D eigenvalue weighted by molar-refractivity contribution is 7.91.